The van der Waals surface area contributed by atoms with Crippen molar-refractivity contribution in [2.24, 2.45) is 129 Å². The van der Waals surface area contributed by atoms with Gasteiger partial charge in [-0.3, -0.25) is 19.2 Å². The van der Waals surface area contributed by atoms with Crippen molar-refractivity contribution in [3.05, 3.63) is 143 Å². The van der Waals surface area contributed by atoms with Gasteiger partial charge >= 0.3 is 5.97 Å². The van der Waals surface area contributed by atoms with Gasteiger partial charge in [0.05, 0.1) is 42.5 Å². The summed E-state index contributed by atoms with van der Waals surface area (Å²) < 4.78 is 68.5. The Bertz CT molecular complexity index is 3880. The first-order valence-electron chi connectivity index (χ1n) is 48.2. The Morgan fingerprint density at radius 1 is 0.392 bits per heavy atom. The summed E-state index contributed by atoms with van der Waals surface area (Å²) in [5.41, 5.74) is 7.90. The van der Waals surface area contributed by atoms with Gasteiger partial charge in [0.1, 0.15) is 34.8 Å². The summed E-state index contributed by atoms with van der Waals surface area (Å²) in [4.78, 5) is 50.3. The number of aliphatic hydroxyl groups is 3. The molecule has 12 nitrogen and oxygen atoms in total. The van der Waals surface area contributed by atoms with Crippen LogP contribution in [0.25, 0.3) is 0 Å². The Morgan fingerprint density at radius 3 is 0.968 bits per heavy atom. The van der Waals surface area contributed by atoms with Crippen LogP contribution in [0.3, 0.4) is 0 Å². The van der Waals surface area contributed by atoms with Crippen molar-refractivity contribution in [1.82, 2.24) is 0 Å². The van der Waals surface area contributed by atoms with E-state index in [1.165, 1.54) is 144 Å². The second kappa shape index (κ2) is 46.4. The standard InChI is InChI=1S/2C32H47FO3.C22H36O4.C9H12FN.C9H9FO.C2H2.3CH4.2H2/c2*1-4-21(22-6-9-24(33)10-7-22)18-30(34)29-13-12-28-27-11-8-23-19-32(35,20-36-5-2)17-15-25(23)26(27)14-16-31(28,29)3;1-3-26-13-22(25)11-9-15-14(12-22)4-5-17-16(15)8-10-21(2)18(17)6-7-19(21)20(23)24;2*1-2-9(11)7-3-5-8(10)6-4-7;1-2;;;;;/h2*6-7,9-10,21,23,25-29,35H,4-5,8,11-20H2,1-3H3;14-19,25H,3-13H2,1-2H3,(H,23,24);3-6,9H,2,11H2,1H3;3-6H,2H2,1H3;1-2H;3*1H4;2*1H/t21-,23+,25-,26+,27+,28-,29+,31-,32+;21-,23-,25+,26-,27-,28+,29-,31+,32-;14-,15+,16-,17-,18+,19-,21+,22-;;;;;;;;/m011......../s1. The normalized spacial score (nSPS) is 36.0. The fraction of sp³-hybridized carbons (Fsp3) is 0.725. The maximum Gasteiger partial charge on any atom is 0.307 e. The molecule has 16 heteroatoms. The van der Waals surface area contributed by atoms with Gasteiger partial charge in [0.25, 0.3) is 0 Å². The first-order chi connectivity index (χ1) is 58.4. The summed E-state index contributed by atoms with van der Waals surface area (Å²) in [5.74, 6) is 10.6. The van der Waals surface area contributed by atoms with E-state index in [-0.39, 0.29) is 106 Å². The monoisotopic (exact) mass is 1740 g/mol. The lowest BCUT2D eigenvalue weighted by atomic mass is 9.48. The number of hydrogen-bond acceptors (Lipinski definition) is 11. The van der Waals surface area contributed by atoms with Gasteiger partial charge in [-0.15, -0.1) is 12.8 Å². The number of carbonyl (C=O) groups is 4. The number of carboxylic acids is 1. The molecule has 0 radical (unpaired) electrons. The van der Waals surface area contributed by atoms with Crippen LogP contribution in [-0.2, 0) is 28.6 Å². The number of rotatable bonds is 24. The molecule has 16 rings (SSSR count). The van der Waals surface area contributed by atoms with Gasteiger partial charge in [0.2, 0.25) is 0 Å². The van der Waals surface area contributed by atoms with E-state index in [2.05, 4.69) is 47.5 Å². The van der Waals surface area contributed by atoms with Crippen LogP contribution in [0.1, 0.15) is 351 Å². The number of carboxylic acid groups (broad SMARTS) is 1. The molecule has 0 bridgehead atoms. The molecule has 4 aromatic carbocycles. The summed E-state index contributed by atoms with van der Waals surface area (Å²) in [6.07, 6.45) is 42.2. The molecule has 0 aliphatic heterocycles. The molecule has 4 aromatic rings. The SMILES string of the molecule is C.C.C.C#C.CCC(=O)c1ccc(F)cc1.CCC(N)c1ccc(F)cc1.CCOC[C@@]1(O)CC[C@H]2[C@H](CC[C@@H]3[C@@H]2CC[C@]2(C)[C@@H](C(=O)C[C@@H](CC)c4ccc(F)cc4)CC[C@@H]32)C1.CCOC[C@@]1(O)CC[C@H]2[C@H](CC[C@@H]3[C@@H]2CC[C@]2(C)[C@@H](C(=O)C[C@H](CC)c4ccc(F)cc4)CC[C@@H]32)C1.CCOC[C@@]1(O)CC[C@H]2[C@H](CC[C@@H]3[C@@H]2CC[C@]2(C)[C@@H](C(=O)O)CC[C@@H]32)C1.[HH].[HH]. The van der Waals surface area contributed by atoms with Crippen LogP contribution in [0.4, 0.5) is 17.6 Å². The van der Waals surface area contributed by atoms with Crippen LogP contribution in [0.2, 0.25) is 0 Å². The molecule has 0 amide bonds. The summed E-state index contributed by atoms with van der Waals surface area (Å²) >= 11 is 0. The summed E-state index contributed by atoms with van der Waals surface area (Å²) in [5, 5.41) is 42.9. The van der Waals surface area contributed by atoms with Crippen LogP contribution in [0.5, 0.6) is 0 Å². The molecule has 1 unspecified atom stereocenters. The van der Waals surface area contributed by atoms with Gasteiger partial charge < -0.3 is 40.4 Å². The molecule has 6 N–H and O–H groups in total. The molecule has 0 spiro atoms. The summed E-state index contributed by atoms with van der Waals surface area (Å²) in [6, 6.07) is 25.5. The lowest BCUT2D eigenvalue weighted by Crippen LogP contribution is -2.52. The topological polar surface area (TPSA) is 203 Å². The third-order valence-corrected chi connectivity index (χ3v) is 34.9. The number of carbonyl (C=O) groups excluding carboxylic acids is 3. The molecule has 0 heterocycles. The highest BCUT2D eigenvalue weighted by atomic mass is 19.1. The number of nitrogens with two attached hydrogens (primary N) is 1. The quantitative estimate of drug-likeness (QED) is 0.0253. The van der Waals surface area contributed by atoms with Crippen molar-refractivity contribution >= 4 is 23.3 Å². The van der Waals surface area contributed by atoms with Crippen LogP contribution in [-0.4, -0.2) is 100 Å². The molecule has 27 atom stereocenters. The first kappa shape index (κ1) is 105. The highest BCUT2D eigenvalue weighted by Crippen LogP contribution is 2.69. The van der Waals surface area contributed by atoms with Crippen molar-refractivity contribution in [3.8, 4) is 12.8 Å². The predicted molar refractivity (Wildman–Crippen MR) is 501 cm³/mol. The highest BCUT2D eigenvalue weighted by Gasteiger charge is 2.63. The van der Waals surface area contributed by atoms with E-state index in [4.69, 9.17) is 19.9 Å². The molecule has 12 aliphatic rings. The predicted octanol–water partition coefficient (Wildman–Crippen LogP) is 26.0. The minimum Gasteiger partial charge on any atom is -0.481 e. The van der Waals surface area contributed by atoms with E-state index < -0.39 is 22.8 Å². The molecule has 0 aromatic heterocycles. The zero-order chi connectivity index (χ0) is 88.1. The second-order valence-corrected chi connectivity index (χ2v) is 41.0. The number of fused-ring (bicyclic) bond motifs is 15. The number of hydrogen-bond donors (Lipinski definition) is 5. The molecular formula is C109H169F4NO11. The summed E-state index contributed by atoms with van der Waals surface area (Å²) in [7, 11) is 0. The third kappa shape index (κ3) is 24.0. The van der Waals surface area contributed by atoms with Gasteiger partial charge in [-0.1, -0.05) is 107 Å². The molecule has 12 aliphatic carbocycles. The Labute approximate surface area is 755 Å². The smallest absolute Gasteiger partial charge is 0.307 e. The van der Waals surface area contributed by atoms with Crippen molar-refractivity contribution < 1.29 is 74.2 Å². The third-order valence-electron chi connectivity index (χ3n) is 34.9. The minimum absolute atomic E-state index is 0. The van der Waals surface area contributed by atoms with E-state index in [1.54, 1.807) is 19.1 Å². The zero-order valence-electron chi connectivity index (χ0n) is 75.8. The van der Waals surface area contributed by atoms with Crippen molar-refractivity contribution in [1.29, 1.82) is 0 Å². The minimum atomic E-state index is -0.627. The number of ketones is 3. The highest BCUT2D eigenvalue weighted by molar-refractivity contribution is 5.95. The number of halogens is 4. The maximum absolute atomic E-state index is 13.7. The number of Topliss-reactive ketones (excluding diaryl/α,β-unsaturated/α-hetero) is 3. The second-order valence-electron chi connectivity index (χ2n) is 41.0. The molecule has 12 fully saturated rings. The van der Waals surface area contributed by atoms with E-state index in [0.29, 0.717) is 112 Å². The van der Waals surface area contributed by atoms with Gasteiger partial charge in [-0.25, -0.2) is 17.6 Å². The number of terminal acetylenes is 1. The Balaban J connectivity index is 0.000000257. The fourth-order valence-corrected chi connectivity index (χ4v) is 28.6. The van der Waals surface area contributed by atoms with Gasteiger partial charge in [-0.2, -0.15) is 0 Å². The van der Waals surface area contributed by atoms with Gasteiger partial charge in [-0.05, 0) is 408 Å². The summed E-state index contributed by atoms with van der Waals surface area (Å²) in [6.45, 7) is 24.7. The zero-order valence-corrected chi connectivity index (χ0v) is 75.8. The van der Waals surface area contributed by atoms with Crippen molar-refractivity contribution in [3.63, 3.8) is 0 Å². The van der Waals surface area contributed by atoms with Crippen molar-refractivity contribution in [2.75, 3.05) is 39.6 Å². The van der Waals surface area contributed by atoms with Crippen LogP contribution in [0.15, 0.2) is 97.1 Å². The fourth-order valence-electron chi connectivity index (χ4n) is 28.6. The number of aliphatic carboxylic acids is 1. The van der Waals surface area contributed by atoms with Crippen LogP contribution < -0.4 is 5.73 Å². The maximum atomic E-state index is 13.7. The lowest BCUT2D eigenvalue weighted by molar-refractivity contribution is -0.152. The molecule has 0 saturated heterocycles. The molecule has 704 valence electrons. The Morgan fingerprint density at radius 2 is 0.680 bits per heavy atom. The largest absolute Gasteiger partial charge is 0.481 e. The van der Waals surface area contributed by atoms with Crippen molar-refractivity contribution in [2.45, 2.75) is 338 Å². The first-order valence-corrected chi connectivity index (χ1v) is 48.2. The van der Waals surface area contributed by atoms with Crippen LogP contribution >= 0.6 is 0 Å². The van der Waals surface area contributed by atoms with Crippen LogP contribution in [0, 0.1) is 159 Å². The van der Waals surface area contributed by atoms with Gasteiger partial charge in [0, 0.05) is 65.4 Å². The Kier molecular flexibility index (Phi) is 38.9. The van der Waals surface area contributed by atoms with E-state index in [9.17, 15) is 57.2 Å². The van der Waals surface area contributed by atoms with Gasteiger partial charge in [0.15, 0.2) is 5.78 Å². The lowest BCUT2D eigenvalue weighted by Gasteiger charge is -2.57. The average molecular weight is 1750 g/mol. The molecule has 125 heavy (non-hydrogen) atoms. The van der Waals surface area contributed by atoms with E-state index >= 15 is 0 Å². The molecular weight excluding hydrogens is 1580 g/mol. The number of ether oxygens (including phenoxy) is 3. The molecule has 12 saturated carbocycles. The average Bonchev–Trinajstić information content (AvgIpc) is 1.39. The van der Waals surface area contributed by atoms with E-state index in [0.717, 1.165) is 179 Å². The van der Waals surface area contributed by atoms with E-state index in [1.807, 2.05) is 52.0 Å². The number of benzene rings is 4. The Hall–Kier alpha value is -5.64.